The van der Waals surface area contributed by atoms with E-state index < -0.39 is 42.5 Å². The number of fused-ring (bicyclic) bond motifs is 1. The molecule has 2 aliphatic rings. The van der Waals surface area contributed by atoms with E-state index in [1.165, 1.54) is 13.8 Å². The summed E-state index contributed by atoms with van der Waals surface area (Å²) in [6, 6.07) is 48.9. The summed E-state index contributed by atoms with van der Waals surface area (Å²) in [5.74, 6) is 0.683. The molecule has 1 saturated heterocycles. The Morgan fingerprint density at radius 2 is 1.11 bits per heavy atom. The van der Waals surface area contributed by atoms with E-state index in [4.69, 9.17) is 42.6 Å². The minimum absolute atomic E-state index is 0.138. The van der Waals surface area contributed by atoms with Crippen LogP contribution >= 0.6 is 0 Å². The Labute approximate surface area is 380 Å². The third-order valence-electron chi connectivity index (χ3n) is 11.4. The quantitative estimate of drug-likeness (QED) is 0.0607. The molecule has 6 aromatic carbocycles. The first-order chi connectivity index (χ1) is 31.8. The number of benzene rings is 6. The zero-order valence-electron chi connectivity index (χ0n) is 36.8. The highest BCUT2D eigenvalue weighted by Crippen LogP contribution is 2.52. The lowest BCUT2D eigenvalue weighted by atomic mass is 9.87. The first kappa shape index (κ1) is 45.2. The molecule has 2 heterocycles. The van der Waals surface area contributed by atoms with Crippen LogP contribution in [-0.2, 0) is 66.1 Å². The summed E-state index contributed by atoms with van der Waals surface area (Å²) < 4.78 is 59.1. The van der Waals surface area contributed by atoms with Crippen LogP contribution in [0.1, 0.15) is 71.4 Å². The fraction of sp³-hybridized carbons (Fsp3) is 0.296. The normalized spacial score (nSPS) is 20.2. The van der Waals surface area contributed by atoms with Gasteiger partial charge in [-0.15, -0.1) is 0 Å². The van der Waals surface area contributed by atoms with Crippen LogP contribution in [0.15, 0.2) is 152 Å². The number of carbonyl (C=O) groups is 2. The smallest absolute Gasteiger partial charge is 0.308 e. The van der Waals surface area contributed by atoms with Gasteiger partial charge >= 0.3 is 11.9 Å². The second-order valence-electron chi connectivity index (χ2n) is 16.1. The molecule has 8 rings (SSSR count). The van der Waals surface area contributed by atoms with Gasteiger partial charge in [0.2, 0.25) is 0 Å². The molecule has 0 radical (unpaired) electrons. The number of rotatable bonds is 18. The van der Waals surface area contributed by atoms with Crippen LogP contribution in [0.3, 0.4) is 0 Å². The van der Waals surface area contributed by atoms with Crippen molar-refractivity contribution < 1.29 is 52.2 Å². The zero-order chi connectivity index (χ0) is 45.0. The summed E-state index contributed by atoms with van der Waals surface area (Å²) in [5.41, 5.74) is 5.97. The molecule has 0 aliphatic carbocycles. The second-order valence-corrected chi connectivity index (χ2v) is 16.1. The van der Waals surface area contributed by atoms with Crippen LogP contribution in [0.25, 0.3) is 0 Å². The minimum atomic E-state index is -0.928. The number of esters is 2. The molecule has 11 nitrogen and oxygen atoms in total. The number of carbonyl (C=O) groups excluding carboxylic acids is 2. The highest BCUT2D eigenvalue weighted by molar-refractivity contribution is 5.73. The Hall–Kier alpha value is -6.34. The van der Waals surface area contributed by atoms with E-state index in [9.17, 15) is 9.59 Å². The number of ether oxygens (including phenoxy) is 9. The highest BCUT2D eigenvalue weighted by atomic mass is 16.6. The summed E-state index contributed by atoms with van der Waals surface area (Å²) in [4.78, 5) is 24.7. The molecule has 11 heteroatoms. The van der Waals surface area contributed by atoms with Crippen molar-refractivity contribution >= 4 is 11.9 Å². The SMILES string of the molecule is COc1cc2c(c(OC(C)=O)c1[C@@H]1O[C@H](COCc3ccccc3)[C@@H](OCc3ccccc3)[C@H](OCc3ccccc3)[C@H]1OCc1ccccc1)CCC(c1ccc(OC(C)=O)cc1)O2. The van der Waals surface area contributed by atoms with Gasteiger partial charge in [0.1, 0.15) is 59.6 Å². The van der Waals surface area contributed by atoms with Crippen molar-refractivity contribution in [2.24, 2.45) is 0 Å². The fourth-order valence-corrected chi connectivity index (χ4v) is 8.37. The van der Waals surface area contributed by atoms with Crippen LogP contribution in [0.2, 0.25) is 0 Å². The molecule has 2 aliphatic heterocycles. The molecule has 336 valence electrons. The van der Waals surface area contributed by atoms with Crippen molar-refractivity contribution in [2.75, 3.05) is 13.7 Å². The number of methoxy groups -OCH3 is 1. The van der Waals surface area contributed by atoms with Gasteiger partial charge in [-0.3, -0.25) is 9.59 Å². The van der Waals surface area contributed by atoms with Crippen molar-refractivity contribution in [1.82, 2.24) is 0 Å². The minimum Gasteiger partial charge on any atom is -0.496 e. The van der Waals surface area contributed by atoms with Gasteiger partial charge in [0.05, 0.1) is 45.7 Å². The van der Waals surface area contributed by atoms with Crippen molar-refractivity contribution in [1.29, 1.82) is 0 Å². The molecule has 1 fully saturated rings. The third-order valence-corrected chi connectivity index (χ3v) is 11.4. The molecule has 65 heavy (non-hydrogen) atoms. The predicted molar refractivity (Wildman–Crippen MR) is 243 cm³/mol. The Bertz CT molecular complexity index is 2450. The molecule has 6 aromatic rings. The average molecular weight is 879 g/mol. The van der Waals surface area contributed by atoms with Crippen molar-refractivity contribution in [2.45, 2.75) is 89.7 Å². The lowest BCUT2D eigenvalue weighted by molar-refractivity contribution is -0.275. The first-order valence-corrected chi connectivity index (χ1v) is 21.9. The molecule has 0 amide bonds. The molecule has 0 N–H and O–H groups in total. The van der Waals surface area contributed by atoms with Crippen molar-refractivity contribution in [3.63, 3.8) is 0 Å². The molecule has 1 unspecified atom stereocenters. The van der Waals surface area contributed by atoms with E-state index in [0.717, 1.165) is 27.8 Å². The van der Waals surface area contributed by atoms with Crippen LogP contribution in [0.4, 0.5) is 0 Å². The molecule has 0 spiro atoms. The van der Waals surface area contributed by atoms with Gasteiger partial charge in [0.15, 0.2) is 0 Å². The van der Waals surface area contributed by atoms with Gasteiger partial charge in [-0.1, -0.05) is 133 Å². The number of hydrogen-bond donors (Lipinski definition) is 0. The number of hydrogen-bond acceptors (Lipinski definition) is 11. The van der Waals surface area contributed by atoms with E-state index >= 15 is 0 Å². The van der Waals surface area contributed by atoms with E-state index in [0.29, 0.717) is 47.8 Å². The maximum absolute atomic E-state index is 13.2. The lowest BCUT2D eigenvalue weighted by Crippen LogP contribution is -2.58. The first-order valence-electron chi connectivity index (χ1n) is 21.9. The third kappa shape index (κ3) is 11.7. The van der Waals surface area contributed by atoms with E-state index in [1.807, 2.05) is 140 Å². The zero-order valence-corrected chi connectivity index (χ0v) is 36.8. The molecule has 0 saturated carbocycles. The van der Waals surface area contributed by atoms with E-state index in [1.54, 1.807) is 19.2 Å². The van der Waals surface area contributed by atoms with Crippen LogP contribution < -0.4 is 18.9 Å². The second kappa shape index (κ2) is 22.0. The molecule has 0 aromatic heterocycles. The van der Waals surface area contributed by atoms with Gasteiger partial charge in [0.25, 0.3) is 0 Å². The summed E-state index contributed by atoms with van der Waals surface area (Å²) >= 11 is 0. The molecular weight excluding hydrogens is 825 g/mol. The van der Waals surface area contributed by atoms with Gasteiger partial charge in [0, 0.05) is 25.5 Å². The van der Waals surface area contributed by atoms with Gasteiger partial charge in [-0.25, -0.2) is 0 Å². The van der Waals surface area contributed by atoms with E-state index in [-0.39, 0.29) is 38.3 Å². The largest absolute Gasteiger partial charge is 0.496 e. The Morgan fingerprint density at radius 3 is 1.63 bits per heavy atom. The Balaban J connectivity index is 1.22. The topological polar surface area (TPSA) is 117 Å². The van der Waals surface area contributed by atoms with Gasteiger partial charge in [-0.2, -0.15) is 0 Å². The van der Waals surface area contributed by atoms with Gasteiger partial charge < -0.3 is 42.6 Å². The average Bonchev–Trinajstić information content (AvgIpc) is 3.33. The monoisotopic (exact) mass is 878 g/mol. The maximum atomic E-state index is 13.2. The summed E-state index contributed by atoms with van der Waals surface area (Å²) in [7, 11) is 1.56. The summed E-state index contributed by atoms with van der Waals surface area (Å²) in [6.45, 7) is 3.96. The van der Waals surface area contributed by atoms with Crippen LogP contribution in [0.5, 0.6) is 23.0 Å². The lowest BCUT2D eigenvalue weighted by Gasteiger charge is -2.47. The maximum Gasteiger partial charge on any atom is 0.308 e. The standard InChI is InChI=1S/C54H54O11/c1-36(55)62-43-26-24-42(25-27-43)45-29-28-44-46(64-45)30-47(57-3)49(50(44)63-37(2)56)52-54(61-34-41-22-14-7-15-23-41)53(60-33-40-20-12-6-13-21-40)51(59-32-39-18-10-5-11-19-39)48(65-52)35-58-31-38-16-8-4-9-17-38/h4-27,30,45,48,51-54H,28-29,31-35H2,1-3H3/t45?,48-,51-,52+,53+,54+/m1/s1. The van der Waals surface area contributed by atoms with Crippen molar-refractivity contribution in [3.05, 3.63) is 191 Å². The Morgan fingerprint density at radius 1 is 0.600 bits per heavy atom. The summed E-state index contributed by atoms with van der Waals surface area (Å²) in [6.07, 6.45) is -3.18. The fourth-order valence-electron chi connectivity index (χ4n) is 8.37. The highest BCUT2D eigenvalue weighted by Gasteiger charge is 2.51. The van der Waals surface area contributed by atoms with Crippen LogP contribution in [-0.4, -0.2) is 50.1 Å². The van der Waals surface area contributed by atoms with Crippen molar-refractivity contribution in [3.8, 4) is 23.0 Å². The molecular formula is C54H54O11. The van der Waals surface area contributed by atoms with Crippen LogP contribution in [0, 0.1) is 0 Å². The Kier molecular flexibility index (Phi) is 15.3. The summed E-state index contributed by atoms with van der Waals surface area (Å²) in [5, 5.41) is 0. The van der Waals surface area contributed by atoms with E-state index in [2.05, 4.69) is 0 Å². The molecule has 6 atom stereocenters. The molecule has 0 bridgehead atoms. The predicted octanol–water partition coefficient (Wildman–Crippen LogP) is 10.0. The van der Waals surface area contributed by atoms with Gasteiger partial charge in [-0.05, 0) is 52.8 Å².